The highest BCUT2D eigenvalue weighted by Crippen LogP contribution is 2.35. The molecule has 2 fully saturated rings. The lowest BCUT2D eigenvalue weighted by molar-refractivity contribution is -0.136. The molecule has 0 spiro atoms. The SMILES string of the molecule is CN(C(=O)C(c1cccnc1)N(C(=O)[C@H]1CCCN1C(=O)OCc1ccccc1)c1ccc(C(C)(C)C)cc1)C1CCCCC1. The predicted octanol–water partition coefficient (Wildman–Crippen LogP) is 7.05. The summed E-state index contributed by atoms with van der Waals surface area (Å²) in [4.78, 5) is 52.1. The molecule has 45 heavy (non-hydrogen) atoms. The van der Waals surface area contributed by atoms with Crippen LogP contribution in [0.4, 0.5) is 10.5 Å². The molecule has 1 aliphatic carbocycles. The lowest BCUT2D eigenvalue weighted by atomic mass is 9.87. The van der Waals surface area contributed by atoms with Crippen LogP contribution in [0.15, 0.2) is 79.1 Å². The van der Waals surface area contributed by atoms with Crippen molar-refractivity contribution >= 4 is 23.6 Å². The Labute approximate surface area is 267 Å². The van der Waals surface area contributed by atoms with Crippen molar-refractivity contribution in [1.82, 2.24) is 14.8 Å². The molecule has 1 aliphatic heterocycles. The first kappa shape index (κ1) is 32.2. The van der Waals surface area contributed by atoms with Crippen LogP contribution in [0.5, 0.6) is 0 Å². The number of pyridine rings is 1. The molecule has 2 aliphatic rings. The molecule has 2 aromatic carbocycles. The fourth-order valence-corrected chi connectivity index (χ4v) is 6.51. The molecule has 8 nitrogen and oxygen atoms in total. The number of likely N-dealkylation sites (tertiary alicyclic amines) is 1. The van der Waals surface area contributed by atoms with Gasteiger partial charge in [0.05, 0.1) is 0 Å². The summed E-state index contributed by atoms with van der Waals surface area (Å²) < 4.78 is 5.67. The zero-order valence-corrected chi connectivity index (χ0v) is 27.0. The van der Waals surface area contributed by atoms with Gasteiger partial charge in [-0.3, -0.25) is 24.4 Å². The van der Waals surface area contributed by atoms with Crippen LogP contribution in [0.25, 0.3) is 0 Å². The monoisotopic (exact) mass is 610 g/mol. The minimum atomic E-state index is -0.943. The molecule has 0 N–H and O–H groups in total. The van der Waals surface area contributed by atoms with Gasteiger partial charge in [0.1, 0.15) is 18.7 Å². The van der Waals surface area contributed by atoms with E-state index in [0.717, 1.165) is 36.8 Å². The molecule has 1 aromatic heterocycles. The van der Waals surface area contributed by atoms with Crippen LogP contribution in [-0.4, -0.2) is 58.4 Å². The summed E-state index contributed by atoms with van der Waals surface area (Å²) in [6, 6.07) is 19.4. The third-order valence-electron chi connectivity index (χ3n) is 9.19. The van der Waals surface area contributed by atoms with Crippen LogP contribution in [0, 0.1) is 0 Å². The fourth-order valence-electron chi connectivity index (χ4n) is 6.51. The molecule has 1 saturated carbocycles. The van der Waals surface area contributed by atoms with E-state index < -0.39 is 18.2 Å². The van der Waals surface area contributed by atoms with Crippen LogP contribution in [0.2, 0.25) is 0 Å². The summed E-state index contributed by atoms with van der Waals surface area (Å²) in [7, 11) is 1.86. The smallest absolute Gasteiger partial charge is 0.410 e. The van der Waals surface area contributed by atoms with Crippen molar-refractivity contribution in [3.63, 3.8) is 0 Å². The van der Waals surface area contributed by atoms with Crippen LogP contribution in [0.1, 0.15) is 88.4 Å². The molecule has 8 heteroatoms. The second-order valence-electron chi connectivity index (χ2n) is 13.3. The molecular formula is C37H46N4O4. The minimum Gasteiger partial charge on any atom is -0.445 e. The van der Waals surface area contributed by atoms with E-state index in [1.165, 1.54) is 11.3 Å². The van der Waals surface area contributed by atoms with Gasteiger partial charge in [0.25, 0.3) is 5.91 Å². The van der Waals surface area contributed by atoms with Crippen LogP contribution in [0.3, 0.4) is 0 Å². The van der Waals surface area contributed by atoms with Gasteiger partial charge < -0.3 is 9.64 Å². The second kappa shape index (κ2) is 14.3. The second-order valence-corrected chi connectivity index (χ2v) is 13.3. The number of benzene rings is 2. The van der Waals surface area contributed by atoms with Gasteiger partial charge in [-0.1, -0.05) is 88.6 Å². The molecule has 2 atom stereocenters. The van der Waals surface area contributed by atoms with Crippen LogP contribution < -0.4 is 4.90 Å². The number of amides is 3. The third kappa shape index (κ3) is 7.55. The summed E-state index contributed by atoms with van der Waals surface area (Å²) in [6.45, 7) is 6.96. The highest BCUT2D eigenvalue weighted by Gasteiger charge is 2.43. The number of nitrogens with zero attached hydrogens (tertiary/aromatic N) is 4. The number of hydrogen-bond donors (Lipinski definition) is 0. The van der Waals surface area contributed by atoms with E-state index in [1.54, 1.807) is 23.4 Å². The van der Waals surface area contributed by atoms with Gasteiger partial charge in [0, 0.05) is 43.3 Å². The maximum atomic E-state index is 14.8. The zero-order valence-electron chi connectivity index (χ0n) is 27.0. The Morgan fingerprint density at radius 2 is 1.62 bits per heavy atom. The van der Waals surface area contributed by atoms with E-state index in [9.17, 15) is 14.4 Å². The van der Waals surface area contributed by atoms with Gasteiger partial charge in [0.15, 0.2) is 0 Å². The lowest BCUT2D eigenvalue weighted by Gasteiger charge is -2.39. The molecule has 3 aromatic rings. The molecule has 3 amide bonds. The molecule has 0 radical (unpaired) electrons. The third-order valence-corrected chi connectivity index (χ3v) is 9.19. The first-order valence-corrected chi connectivity index (χ1v) is 16.2. The number of carbonyl (C=O) groups is 3. The van der Waals surface area contributed by atoms with Crippen LogP contribution in [-0.2, 0) is 26.3 Å². The summed E-state index contributed by atoms with van der Waals surface area (Å²) in [5.41, 5.74) is 3.15. The average Bonchev–Trinajstić information content (AvgIpc) is 3.56. The number of rotatable bonds is 8. The first-order chi connectivity index (χ1) is 21.6. The molecule has 0 bridgehead atoms. The summed E-state index contributed by atoms with van der Waals surface area (Å²) in [6.07, 6.45) is 9.19. The van der Waals surface area contributed by atoms with Gasteiger partial charge in [0.2, 0.25) is 5.91 Å². The van der Waals surface area contributed by atoms with Crippen molar-refractivity contribution in [1.29, 1.82) is 0 Å². The summed E-state index contributed by atoms with van der Waals surface area (Å²) in [5, 5.41) is 0. The van der Waals surface area contributed by atoms with Crippen molar-refractivity contribution < 1.29 is 19.1 Å². The van der Waals surface area contributed by atoms with Gasteiger partial charge in [-0.2, -0.15) is 0 Å². The standard InChI is InChI=1S/C37H46N4O4/c1-37(2,3)29-19-21-31(22-20-29)41(33(28-15-11-23-38-25-28)35(43)39(4)30-16-9-6-10-17-30)34(42)32-18-12-24-40(32)36(44)45-26-27-13-7-5-8-14-27/h5,7-8,11,13-15,19-23,25,30,32-33H,6,9-10,12,16-18,24,26H2,1-4H3/t32-,33?/m1/s1. The topological polar surface area (TPSA) is 83.1 Å². The van der Waals surface area contributed by atoms with E-state index in [-0.39, 0.29) is 29.9 Å². The maximum absolute atomic E-state index is 14.8. The van der Waals surface area contributed by atoms with E-state index >= 15 is 0 Å². The molecule has 2 heterocycles. The van der Waals surface area contributed by atoms with Crippen LogP contribution >= 0.6 is 0 Å². The Bertz CT molecular complexity index is 1430. The number of likely N-dealkylation sites (N-methyl/N-ethyl adjacent to an activating group) is 1. The number of hydrogen-bond acceptors (Lipinski definition) is 5. The zero-order chi connectivity index (χ0) is 32.0. The van der Waals surface area contributed by atoms with E-state index in [0.29, 0.717) is 30.6 Å². The van der Waals surface area contributed by atoms with Gasteiger partial charge in [-0.05, 0) is 60.4 Å². The van der Waals surface area contributed by atoms with Crippen molar-refractivity contribution in [2.75, 3.05) is 18.5 Å². The molecule has 1 unspecified atom stereocenters. The molecule has 1 saturated heterocycles. The summed E-state index contributed by atoms with van der Waals surface area (Å²) >= 11 is 0. The molecular weight excluding hydrogens is 564 g/mol. The van der Waals surface area contributed by atoms with Gasteiger partial charge >= 0.3 is 6.09 Å². The molecule has 5 rings (SSSR count). The Hall–Kier alpha value is -4.20. The summed E-state index contributed by atoms with van der Waals surface area (Å²) in [5.74, 6) is -0.453. The van der Waals surface area contributed by atoms with Crippen molar-refractivity contribution in [2.45, 2.75) is 95.9 Å². The lowest BCUT2D eigenvalue weighted by Crippen LogP contribution is -2.53. The van der Waals surface area contributed by atoms with E-state index in [1.807, 2.05) is 72.6 Å². The van der Waals surface area contributed by atoms with Gasteiger partial charge in [-0.15, -0.1) is 0 Å². The molecule has 238 valence electrons. The van der Waals surface area contributed by atoms with Crippen molar-refractivity contribution in [2.24, 2.45) is 0 Å². The Balaban J connectivity index is 1.52. The first-order valence-electron chi connectivity index (χ1n) is 16.2. The minimum absolute atomic E-state index is 0.0854. The fraction of sp³-hybridized carbons (Fsp3) is 0.459. The average molecular weight is 611 g/mol. The number of ether oxygens (including phenoxy) is 1. The Morgan fingerprint density at radius 3 is 2.27 bits per heavy atom. The Morgan fingerprint density at radius 1 is 0.911 bits per heavy atom. The van der Waals surface area contributed by atoms with Crippen molar-refractivity contribution in [3.05, 3.63) is 95.8 Å². The van der Waals surface area contributed by atoms with Crippen molar-refractivity contribution in [3.8, 4) is 0 Å². The largest absolute Gasteiger partial charge is 0.445 e. The quantitative estimate of drug-likeness (QED) is 0.273. The van der Waals surface area contributed by atoms with E-state index in [2.05, 4.69) is 25.8 Å². The highest BCUT2D eigenvalue weighted by molar-refractivity contribution is 6.04. The van der Waals surface area contributed by atoms with Gasteiger partial charge in [-0.25, -0.2) is 4.79 Å². The normalized spacial score (nSPS) is 17.9. The number of anilines is 1. The van der Waals surface area contributed by atoms with E-state index in [4.69, 9.17) is 4.74 Å². The number of aromatic nitrogens is 1. The Kier molecular flexibility index (Phi) is 10.2. The maximum Gasteiger partial charge on any atom is 0.410 e. The number of carbonyl (C=O) groups excluding carboxylic acids is 3. The highest BCUT2D eigenvalue weighted by atomic mass is 16.6. The predicted molar refractivity (Wildman–Crippen MR) is 176 cm³/mol.